The van der Waals surface area contributed by atoms with Gasteiger partial charge in [0.1, 0.15) is 23.0 Å². The summed E-state index contributed by atoms with van der Waals surface area (Å²) in [4.78, 5) is 0. The molecule has 0 saturated heterocycles. The van der Waals surface area contributed by atoms with Crippen molar-refractivity contribution in [2.24, 2.45) is 0 Å². The fourth-order valence-corrected chi connectivity index (χ4v) is 3.13. The van der Waals surface area contributed by atoms with Crippen LogP contribution in [0.3, 0.4) is 0 Å². The molecular formula is C19H9ClF5N3O. The van der Waals surface area contributed by atoms with Crippen LogP contribution in [0.15, 0.2) is 59.3 Å². The first kappa shape index (κ1) is 19.1. The number of benzene rings is 2. The van der Waals surface area contributed by atoms with E-state index in [0.29, 0.717) is 4.68 Å². The van der Waals surface area contributed by atoms with Gasteiger partial charge in [-0.25, -0.2) is 13.5 Å². The summed E-state index contributed by atoms with van der Waals surface area (Å²) in [6.45, 7) is 0. The molecule has 0 saturated carbocycles. The second-order valence-corrected chi connectivity index (χ2v) is 6.35. The Bertz CT molecular complexity index is 1180. The van der Waals surface area contributed by atoms with Crippen LogP contribution in [0, 0.1) is 11.6 Å². The van der Waals surface area contributed by atoms with Crippen LogP contribution in [0.1, 0.15) is 5.69 Å². The van der Waals surface area contributed by atoms with Crippen LogP contribution < -0.4 is 0 Å². The molecule has 0 atom stereocenters. The van der Waals surface area contributed by atoms with Gasteiger partial charge in [-0.15, -0.1) is 0 Å². The molecule has 148 valence electrons. The van der Waals surface area contributed by atoms with E-state index in [9.17, 15) is 22.0 Å². The third kappa shape index (κ3) is 3.38. The molecule has 0 aliphatic rings. The zero-order valence-electron chi connectivity index (χ0n) is 14.2. The van der Waals surface area contributed by atoms with E-state index in [-0.39, 0.29) is 27.7 Å². The highest BCUT2D eigenvalue weighted by Gasteiger charge is 2.40. The van der Waals surface area contributed by atoms with E-state index < -0.39 is 29.1 Å². The third-order valence-electron chi connectivity index (χ3n) is 4.11. The Morgan fingerprint density at radius 2 is 1.69 bits per heavy atom. The number of alkyl halides is 3. The van der Waals surface area contributed by atoms with Crippen molar-refractivity contribution in [1.29, 1.82) is 0 Å². The minimum atomic E-state index is -4.89. The first-order chi connectivity index (χ1) is 13.8. The van der Waals surface area contributed by atoms with Crippen LogP contribution in [0.25, 0.3) is 28.3 Å². The van der Waals surface area contributed by atoms with Crippen molar-refractivity contribution in [3.63, 3.8) is 0 Å². The highest BCUT2D eigenvalue weighted by molar-refractivity contribution is 6.33. The Balaban J connectivity index is 1.87. The molecule has 0 amide bonds. The average Bonchev–Trinajstić information content (AvgIpc) is 3.28. The van der Waals surface area contributed by atoms with E-state index in [4.69, 9.17) is 16.1 Å². The van der Waals surface area contributed by atoms with Crippen molar-refractivity contribution in [3.8, 4) is 28.3 Å². The normalized spacial score (nSPS) is 11.8. The van der Waals surface area contributed by atoms with Gasteiger partial charge in [-0.2, -0.15) is 18.3 Å². The number of hydrogen-bond acceptors (Lipinski definition) is 3. The smallest absolute Gasteiger partial charge is 0.356 e. The number of para-hydroxylation sites is 1. The van der Waals surface area contributed by atoms with Crippen LogP contribution in [0.2, 0.25) is 5.02 Å². The molecule has 2 aromatic heterocycles. The Labute approximate surface area is 165 Å². The summed E-state index contributed by atoms with van der Waals surface area (Å²) in [5.41, 5.74) is -2.33. The van der Waals surface area contributed by atoms with Crippen LogP contribution in [0.4, 0.5) is 22.0 Å². The van der Waals surface area contributed by atoms with Gasteiger partial charge in [0.15, 0.2) is 11.5 Å². The molecule has 0 aliphatic heterocycles. The first-order valence-electron chi connectivity index (χ1n) is 8.09. The van der Waals surface area contributed by atoms with E-state index in [0.717, 1.165) is 30.5 Å². The van der Waals surface area contributed by atoms with Gasteiger partial charge in [0.05, 0.1) is 22.3 Å². The molecule has 10 heteroatoms. The molecular weight excluding hydrogens is 417 g/mol. The second kappa shape index (κ2) is 7.00. The summed E-state index contributed by atoms with van der Waals surface area (Å²) in [6.07, 6.45) is -4.01. The summed E-state index contributed by atoms with van der Waals surface area (Å²) < 4.78 is 74.9. The van der Waals surface area contributed by atoms with Crippen molar-refractivity contribution in [2.45, 2.75) is 6.18 Å². The maximum atomic E-state index is 14.1. The number of rotatable bonds is 3. The monoisotopic (exact) mass is 425 g/mol. The van der Waals surface area contributed by atoms with E-state index in [2.05, 4.69) is 10.3 Å². The van der Waals surface area contributed by atoms with Crippen molar-refractivity contribution in [1.82, 2.24) is 14.9 Å². The predicted molar refractivity (Wildman–Crippen MR) is 94.4 cm³/mol. The number of nitrogens with zero attached hydrogens (tertiary/aromatic N) is 3. The van der Waals surface area contributed by atoms with Gasteiger partial charge in [0.25, 0.3) is 0 Å². The van der Waals surface area contributed by atoms with E-state index in [1.54, 1.807) is 0 Å². The quantitative estimate of drug-likeness (QED) is 0.370. The zero-order chi connectivity index (χ0) is 20.8. The Kier molecular flexibility index (Phi) is 4.62. The molecule has 0 N–H and O–H groups in total. The van der Waals surface area contributed by atoms with Gasteiger partial charge in [-0.3, -0.25) is 0 Å². The summed E-state index contributed by atoms with van der Waals surface area (Å²) in [5, 5.41) is 7.32. The standard InChI is InChI=1S/C19H9ClF5N3O/c20-11-4-3-6-13(22)17(11)14-8-16(29-27-14)10-9-26-28(18(10)19(23,24)25)15-7-2-1-5-12(15)21/h1-9H. The predicted octanol–water partition coefficient (Wildman–Crippen LogP) is 6.14. The van der Waals surface area contributed by atoms with E-state index in [1.165, 1.54) is 24.3 Å². The SMILES string of the molecule is Fc1ccccc1-n1ncc(-c2cc(-c3c(F)cccc3Cl)no2)c1C(F)(F)F. The molecule has 0 radical (unpaired) electrons. The van der Waals surface area contributed by atoms with Crippen LogP contribution in [-0.4, -0.2) is 14.9 Å². The fourth-order valence-electron chi connectivity index (χ4n) is 2.87. The Hall–Kier alpha value is -3.20. The second-order valence-electron chi connectivity index (χ2n) is 5.94. The van der Waals surface area contributed by atoms with Gasteiger partial charge >= 0.3 is 6.18 Å². The largest absolute Gasteiger partial charge is 0.434 e. The Morgan fingerprint density at radius 1 is 0.966 bits per heavy atom. The number of halogens is 6. The maximum absolute atomic E-state index is 14.1. The molecule has 2 heterocycles. The molecule has 0 bridgehead atoms. The van der Waals surface area contributed by atoms with Crippen molar-refractivity contribution < 1.29 is 26.5 Å². The van der Waals surface area contributed by atoms with Crippen molar-refractivity contribution in [2.75, 3.05) is 0 Å². The zero-order valence-corrected chi connectivity index (χ0v) is 15.0. The summed E-state index contributed by atoms with van der Waals surface area (Å²) >= 11 is 5.96. The summed E-state index contributed by atoms with van der Waals surface area (Å²) in [5.74, 6) is -1.92. The van der Waals surface area contributed by atoms with Gasteiger partial charge in [-0.1, -0.05) is 35.0 Å². The van der Waals surface area contributed by atoms with E-state index in [1.807, 2.05) is 0 Å². The molecule has 2 aromatic carbocycles. The summed E-state index contributed by atoms with van der Waals surface area (Å²) in [7, 11) is 0. The van der Waals surface area contributed by atoms with Crippen LogP contribution in [-0.2, 0) is 6.18 Å². The van der Waals surface area contributed by atoms with Gasteiger partial charge in [-0.05, 0) is 24.3 Å². The lowest BCUT2D eigenvalue weighted by Gasteiger charge is -2.12. The van der Waals surface area contributed by atoms with Crippen LogP contribution in [0.5, 0.6) is 0 Å². The molecule has 0 spiro atoms. The minimum absolute atomic E-state index is 0.0166. The van der Waals surface area contributed by atoms with Crippen molar-refractivity contribution >= 4 is 11.6 Å². The first-order valence-corrected chi connectivity index (χ1v) is 8.46. The minimum Gasteiger partial charge on any atom is -0.356 e. The van der Waals surface area contributed by atoms with Crippen molar-refractivity contribution in [3.05, 3.63) is 77.1 Å². The summed E-state index contributed by atoms with van der Waals surface area (Å²) in [6, 6.07) is 9.93. The van der Waals surface area contributed by atoms with Gasteiger partial charge in [0, 0.05) is 6.07 Å². The lowest BCUT2D eigenvalue weighted by Crippen LogP contribution is -2.15. The highest BCUT2D eigenvalue weighted by atomic mass is 35.5. The third-order valence-corrected chi connectivity index (χ3v) is 4.43. The maximum Gasteiger partial charge on any atom is 0.434 e. The molecule has 0 aliphatic carbocycles. The molecule has 4 aromatic rings. The average molecular weight is 426 g/mol. The van der Waals surface area contributed by atoms with Gasteiger partial charge in [0.2, 0.25) is 0 Å². The molecule has 0 fully saturated rings. The van der Waals surface area contributed by atoms with Crippen LogP contribution >= 0.6 is 11.6 Å². The molecule has 4 nitrogen and oxygen atoms in total. The fraction of sp³-hybridized carbons (Fsp3) is 0.0526. The number of hydrogen-bond donors (Lipinski definition) is 0. The molecule has 4 rings (SSSR count). The van der Waals surface area contributed by atoms with Gasteiger partial charge < -0.3 is 4.52 Å². The molecule has 0 unspecified atom stereocenters. The highest BCUT2D eigenvalue weighted by Crippen LogP contribution is 2.40. The van der Waals surface area contributed by atoms with E-state index >= 15 is 0 Å². The lowest BCUT2D eigenvalue weighted by atomic mass is 10.1. The lowest BCUT2D eigenvalue weighted by molar-refractivity contribution is -0.142. The Morgan fingerprint density at radius 3 is 2.38 bits per heavy atom. The number of aromatic nitrogens is 3. The topological polar surface area (TPSA) is 43.9 Å². The molecule has 29 heavy (non-hydrogen) atoms.